The van der Waals surface area contributed by atoms with Crippen LogP contribution in [0, 0.1) is 12.8 Å². The molecule has 6 heteroatoms. The molecule has 0 radical (unpaired) electrons. The van der Waals surface area contributed by atoms with Gasteiger partial charge in [0.2, 0.25) is 11.8 Å². The van der Waals surface area contributed by atoms with Crippen molar-refractivity contribution in [1.29, 1.82) is 0 Å². The van der Waals surface area contributed by atoms with Gasteiger partial charge in [0.15, 0.2) is 11.5 Å². The van der Waals surface area contributed by atoms with Gasteiger partial charge in [-0.2, -0.15) is 0 Å². The van der Waals surface area contributed by atoms with Gasteiger partial charge in [-0.3, -0.25) is 9.59 Å². The fourth-order valence-corrected chi connectivity index (χ4v) is 3.32. The summed E-state index contributed by atoms with van der Waals surface area (Å²) >= 11 is 0. The molecule has 0 saturated carbocycles. The number of ether oxygens (including phenoxy) is 2. The first-order chi connectivity index (χ1) is 14.0. The lowest BCUT2D eigenvalue weighted by atomic mass is 10.1. The number of anilines is 1. The van der Waals surface area contributed by atoms with E-state index in [1.165, 1.54) is 6.08 Å². The third-order valence-electron chi connectivity index (χ3n) is 4.95. The molecule has 3 rings (SSSR count). The van der Waals surface area contributed by atoms with Gasteiger partial charge in [-0.15, -0.1) is 0 Å². The van der Waals surface area contributed by atoms with Crippen LogP contribution in [-0.4, -0.2) is 39.1 Å². The minimum Gasteiger partial charge on any atom is -0.493 e. The Balaban J connectivity index is 1.52. The van der Waals surface area contributed by atoms with Gasteiger partial charge in [0.1, 0.15) is 0 Å². The quantitative estimate of drug-likeness (QED) is 0.733. The van der Waals surface area contributed by atoms with Crippen LogP contribution in [0.5, 0.6) is 11.5 Å². The maximum atomic E-state index is 12.3. The van der Waals surface area contributed by atoms with Crippen LogP contribution >= 0.6 is 0 Å². The number of nitrogens with zero attached hydrogens (tertiary/aromatic N) is 1. The molecule has 0 aliphatic carbocycles. The normalized spacial score (nSPS) is 16.3. The van der Waals surface area contributed by atoms with Crippen molar-refractivity contribution in [1.82, 2.24) is 5.32 Å². The molecule has 1 aliphatic rings. The van der Waals surface area contributed by atoms with Crippen molar-refractivity contribution in [3.05, 3.63) is 59.7 Å². The molecule has 2 aromatic rings. The summed E-state index contributed by atoms with van der Waals surface area (Å²) in [6.07, 6.45) is 3.64. The minimum atomic E-state index is -0.194. The average molecular weight is 394 g/mol. The lowest BCUT2D eigenvalue weighted by Crippen LogP contribution is -2.30. The van der Waals surface area contributed by atoms with Crippen molar-refractivity contribution in [3.8, 4) is 11.5 Å². The van der Waals surface area contributed by atoms with Gasteiger partial charge in [-0.25, -0.2) is 0 Å². The third-order valence-corrected chi connectivity index (χ3v) is 4.95. The maximum absolute atomic E-state index is 12.3. The number of hydrogen-bond acceptors (Lipinski definition) is 4. The first-order valence-corrected chi connectivity index (χ1v) is 9.55. The predicted octanol–water partition coefficient (Wildman–Crippen LogP) is 3.19. The molecule has 6 nitrogen and oxygen atoms in total. The van der Waals surface area contributed by atoms with E-state index in [2.05, 4.69) is 5.32 Å². The van der Waals surface area contributed by atoms with Crippen molar-refractivity contribution in [2.75, 3.05) is 32.2 Å². The van der Waals surface area contributed by atoms with Gasteiger partial charge < -0.3 is 19.7 Å². The highest BCUT2D eigenvalue weighted by atomic mass is 16.5. The number of rotatable bonds is 7. The van der Waals surface area contributed by atoms with Gasteiger partial charge in [-0.1, -0.05) is 23.8 Å². The number of hydrogen-bond donors (Lipinski definition) is 1. The van der Waals surface area contributed by atoms with Crippen LogP contribution < -0.4 is 19.7 Å². The molecule has 0 spiro atoms. The van der Waals surface area contributed by atoms with E-state index in [0.717, 1.165) is 16.8 Å². The van der Waals surface area contributed by atoms with Crippen LogP contribution in [0.15, 0.2) is 48.5 Å². The highest BCUT2D eigenvalue weighted by molar-refractivity contribution is 5.96. The van der Waals surface area contributed by atoms with Gasteiger partial charge in [0, 0.05) is 37.2 Å². The zero-order valence-electron chi connectivity index (χ0n) is 17.0. The molecular formula is C23H26N2O4. The van der Waals surface area contributed by atoms with Crippen molar-refractivity contribution < 1.29 is 19.1 Å². The minimum absolute atomic E-state index is 0.0916. The number of carbonyl (C=O) groups is 2. The van der Waals surface area contributed by atoms with E-state index in [1.807, 2.05) is 37.3 Å². The molecule has 1 aliphatic heterocycles. The number of benzene rings is 2. The standard InChI is InChI=1S/C23H26N2O4/c1-16-4-8-19(9-5-16)25-15-18(13-23(25)27)14-24-22(26)11-7-17-6-10-20(28-2)21(12-17)29-3/h4-12,18H,13-15H2,1-3H3,(H,24,26)/b11-7-. The van der Waals surface area contributed by atoms with E-state index >= 15 is 0 Å². The molecule has 1 fully saturated rings. The Hall–Kier alpha value is -3.28. The Kier molecular flexibility index (Phi) is 6.54. The highest BCUT2D eigenvalue weighted by Gasteiger charge is 2.30. The molecule has 1 saturated heterocycles. The Bertz CT molecular complexity index is 906. The zero-order valence-corrected chi connectivity index (χ0v) is 17.0. The largest absolute Gasteiger partial charge is 0.493 e. The second-order valence-electron chi connectivity index (χ2n) is 7.10. The van der Waals surface area contributed by atoms with Crippen LogP contribution in [0.25, 0.3) is 6.08 Å². The zero-order chi connectivity index (χ0) is 20.8. The summed E-state index contributed by atoms with van der Waals surface area (Å²) in [5.74, 6) is 1.24. The molecule has 0 bridgehead atoms. The van der Waals surface area contributed by atoms with Gasteiger partial charge in [-0.05, 0) is 42.8 Å². The van der Waals surface area contributed by atoms with Crippen LogP contribution in [0.2, 0.25) is 0 Å². The molecule has 1 N–H and O–H groups in total. The SMILES string of the molecule is COc1ccc(/C=C\C(=O)NCC2CC(=O)N(c3ccc(C)cc3)C2)cc1OC. The average Bonchev–Trinajstić information content (AvgIpc) is 3.11. The van der Waals surface area contributed by atoms with Crippen LogP contribution in [0.1, 0.15) is 17.5 Å². The van der Waals surface area contributed by atoms with Crippen molar-refractivity contribution in [2.45, 2.75) is 13.3 Å². The van der Waals surface area contributed by atoms with E-state index in [4.69, 9.17) is 9.47 Å². The number of amides is 2. The smallest absolute Gasteiger partial charge is 0.244 e. The maximum Gasteiger partial charge on any atom is 0.244 e. The summed E-state index contributed by atoms with van der Waals surface area (Å²) in [7, 11) is 3.15. The number of aryl methyl sites for hydroxylation is 1. The van der Waals surface area contributed by atoms with Crippen molar-refractivity contribution >= 4 is 23.6 Å². The van der Waals surface area contributed by atoms with Crippen LogP contribution in [-0.2, 0) is 9.59 Å². The van der Waals surface area contributed by atoms with E-state index in [9.17, 15) is 9.59 Å². The fraction of sp³-hybridized carbons (Fsp3) is 0.304. The third kappa shape index (κ3) is 5.16. The van der Waals surface area contributed by atoms with E-state index in [1.54, 1.807) is 37.3 Å². The number of carbonyl (C=O) groups excluding carboxylic acids is 2. The summed E-state index contributed by atoms with van der Waals surface area (Å²) in [5, 5.41) is 2.89. The molecule has 1 atom stereocenters. The summed E-state index contributed by atoms with van der Waals surface area (Å²) in [5.41, 5.74) is 2.90. The lowest BCUT2D eigenvalue weighted by Gasteiger charge is -2.17. The monoisotopic (exact) mass is 394 g/mol. The Morgan fingerprint density at radius 2 is 1.86 bits per heavy atom. The Morgan fingerprint density at radius 3 is 2.55 bits per heavy atom. The number of nitrogens with one attached hydrogen (secondary N) is 1. The molecule has 0 aromatic heterocycles. The van der Waals surface area contributed by atoms with Crippen molar-refractivity contribution in [2.24, 2.45) is 5.92 Å². The summed E-state index contributed by atoms with van der Waals surface area (Å²) < 4.78 is 10.5. The molecule has 152 valence electrons. The Labute approximate surface area is 171 Å². The molecule has 1 unspecified atom stereocenters. The Morgan fingerprint density at radius 1 is 1.14 bits per heavy atom. The van der Waals surface area contributed by atoms with Crippen molar-refractivity contribution in [3.63, 3.8) is 0 Å². The second-order valence-corrected chi connectivity index (χ2v) is 7.10. The molecule has 2 aromatic carbocycles. The van der Waals surface area contributed by atoms with Crippen LogP contribution in [0.4, 0.5) is 5.69 Å². The van der Waals surface area contributed by atoms with E-state index in [-0.39, 0.29) is 17.7 Å². The topological polar surface area (TPSA) is 67.9 Å². The van der Waals surface area contributed by atoms with Gasteiger partial charge >= 0.3 is 0 Å². The molecule has 29 heavy (non-hydrogen) atoms. The molecular weight excluding hydrogens is 368 g/mol. The first kappa shape index (κ1) is 20.5. The van der Waals surface area contributed by atoms with E-state index in [0.29, 0.717) is 31.0 Å². The van der Waals surface area contributed by atoms with Gasteiger partial charge in [0.25, 0.3) is 0 Å². The fourth-order valence-electron chi connectivity index (χ4n) is 3.32. The first-order valence-electron chi connectivity index (χ1n) is 9.55. The molecule has 1 heterocycles. The summed E-state index contributed by atoms with van der Waals surface area (Å²) in [6, 6.07) is 13.4. The summed E-state index contributed by atoms with van der Waals surface area (Å²) in [6.45, 7) is 3.09. The second kappa shape index (κ2) is 9.28. The van der Waals surface area contributed by atoms with E-state index < -0.39 is 0 Å². The highest BCUT2D eigenvalue weighted by Crippen LogP contribution is 2.28. The predicted molar refractivity (Wildman–Crippen MR) is 113 cm³/mol. The van der Waals surface area contributed by atoms with Gasteiger partial charge in [0.05, 0.1) is 14.2 Å². The lowest BCUT2D eigenvalue weighted by molar-refractivity contribution is -0.118. The summed E-state index contributed by atoms with van der Waals surface area (Å²) in [4.78, 5) is 26.3. The molecule has 2 amide bonds. The number of methoxy groups -OCH3 is 2. The van der Waals surface area contributed by atoms with Crippen LogP contribution in [0.3, 0.4) is 0 Å².